The number of hydrogen-bond acceptors (Lipinski definition) is 6. The Balaban J connectivity index is 0.595. The summed E-state index contributed by atoms with van der Waals surface area (Å²) in [6.07, 6.45) is -0.967. The molecule has 3 atom stereocenters. The van der Waals surface area contributed by atoms with Crippen molar-refractivity contribution in [2.24, 2.45) is 20.0 Å². The Bertz CT molecular complexity index is 8520. The van der Waals surface area contributed by atoms with Crippen LogP contribution in [0.3, 0.4) is 0 Å². The van der Waals surface area contributed by atoms with Crippen molar-refractivity contribution in [2.45, 2.75) is 17.7 Å². The minimum absolute atomic E-state index is 0.448. The zero-order chi connectivity index (χ0) is 86.2. The van der Waals surface area contributed by atoms with E-state index in [4.69, 9.17) is 20.0 Å². The van der Waals surface area contributed by atoms with Gasteiger partial charge in [0, 0.05) is 49.5 Å². The van der Waals surface area contributed by atoms with Gasteiger partial charge in [-0.05, 0) is 205 Å². The second kappa shape index (κ2) is 30.6. The average molecular weight is 1670 g/mol. The molecule has 26 rings (SSSR count). The monoisotopic (exact) mass is 1670 g/mol. The first-order valence-corrected chi connectivity index (χ1v) is 45.0. The minimum Gasteiger partial charge on any atom is -0.344 e. The topological polar surface area (TPSA) is 83.4 Å². The van der Waals surface area contributed by atoms with Crippen LogP contribution in [-0.4, -0.2) is 32.5 Å². The van der Waals surface area contributed by atoms with Crippen molar-refractivity contribution in [1.29, 1.82) is 0 Å². The van der Waals surface area contributed by atoms with Gasteiger partial charge in [0.05, 0.1) is 33.2 Å². The van der Waals surface area contributed by atoms with Crippen LogP contribution in [0.25, 0.3) is 166 Å². The molecule has 2 aromatic heterocycles. The van der Waals surface area contributed by atoms with E-state index < -0.39 is 17.7 Å². The third kappa shape index (κ3) is 12.4. The van der Waals surface area contributed by atoms with Gasteiger partial charge in [-0.1, -0.05) is 400 Å². The van der Waals surface area contributed by atoms with Crippen LogP contribution < -0.4 is 10.6 Å². The fraction of sp³-hybridized carbons (Fsp3) is 0.0244. The maximum atomic E-state index is 5.72. The Hall–Kier alpha value is -17.2. The predicted molar refractivity (Wildman–Crippen MR) is 543 cm³/mol. The van der Waals surface area contributed by atoms with Gasteiger partial charge in [-0.25, -0.2) is 20.0 Å². The first-order chi connectivity index (χ1) is 64.9. The van der Waals surface area contributed by atoms with Crippen LogP contribution in [0.15, 0.2) is 481 Å². The standard InChI is InChI=1S/C123H80N8/c1-4-26-77(27-5-1)79-52-56-85(57-53-79)118-124-117(84-32-8-3-9-33-84)125-121(126-118)93-38-24-36-91(74-93)115-97-41-13-11-31-82(97)63-69-99(115)89-64-70-101-100-42-14-18-47-106(100)123(109(101)75-89)107-71-65-88(76-113(107)131-112-51-21-17-45-104(112)105-46-25-48-108(123)116(105)131)87-34-22-37-92(72-87)120-127-119(86-58-54-80(55-59-86)78-28-6-2-7-29-78)128-122(129-120)94-39-23-35-90(73-94)114-96-40-12-10-30-81(96)62-68-98(114)83-60-66-95(67-61-83)130-110-49-19-15-43-102(110)103-44-16-20-50-111(103)130/h1-76,121-122H,(H,124,125,126)(H,127,128,129). The first-order valence-electron chi connectivity index (χ1n) is 45.0. The molecule has 0 amide bonds. The molecule has 0 bridgehead atoms. The Morgan fingerprint density at radius 1 is 0.221 bits per heavy atom. The summed E-state index contributed by atoms with van der Waals surface area (Å²) >= 11 is 0. The summed E-state index contributed by atoms with van der Waals surface area (Å²) in [4.78, 5) is 22.0. The number of fused-ring (bicyclic) bond motifs is 17. The van der Waals surface area contributed by atoms with E-state index in [-0.39, 0.29) is 0 Å². The summed E-state index contributed by atoms with van der Waals surface area (Å²) < 4.78 is 4.95. The van der Waals surface area contributed by atoms with E-state index in [9.17, 15) is 0 Å². The molecular weight excluding hydrogens is 1590 g/mol. The van der Waals surface area contributed by atoms with Gasteiger partial charge in [0.2, 0.25) is 0 Å². The Morgan fingerprint density at radius 2 is 0.618 bits per heavy atom. The second-order valence-electron chi connectivity index (χ2n) is 34.7. The summed E-state index contributed by atoms with van der Waals surface area (Å²) in [6, 6.07) is 169. The molecule has 0 fully saturated rings. The highest BCUT2D eigenvalue weighted by molar-refractivity contribution is 6.17. The fourth-order valence-electron chi connectivity index (χ4n) is 21.4. The van der Waals surface area contributed by atoms with Gasteiger partial charge in [0.25, 0.3) is 0 Å². The van der Waals surface area contributed by atoms with E-state index in [2.05, 4.69) is 475 Å². The van der Waals surface area contributed by atoms with Crippen LogP contribution in [-0.2, 0) is 5.41 Å². The maximum absolute atomic E-state index is 5.72. The normalized spacial score (nSPS) is 15.4. The van der Waals surface area contributed by atoms with E-state index in [1.165, 1.54) is 93.2 Å². The molecule has 3 aliphatic heterocycles. The van der Waals surface area contributed by atoms with E-state index in [1.54, 1.807) is 0 Å². The van der Waals surface area contributed by atoms with Crippen molar-refractivity contribution < 1.29 is 0 Å². The fourth-order valence-corrected chi connectivity index (χ4v) is 21.4. The molecule has 8 heteroatoms. The van der Waals surface area contributed by atoms with Gasteiger partial charge in [-0.3, -0.25) is 0 Å². The molecule has 3 unspecified atom stereocenters. The average Bonchev–Trinajstić information content (AvgIpc) is 1.50. The Kier molecular flexibility index (Phi) is 17.5. The highest BCUT2D eigenvalue weighted by Crippen LogP contribution is 2.62. The Labute approximate surface area is 757 Å². The van der Waals surface area contributed by atoms with Crippen LogP contribution in [0.2, 0.25) is 0 Å². The number of benzene rings is 20. The quantitative estimate of drug-likeness (QED) is 0.114. The van der Waals surface area contributed by atoms with Crippen LogP contribution in [0, 0.1) is 0 Å². The lowest BCUT2D eigenvalue weighted by atomic mass is 9.65. The summed E-state index contributed by atoms with van der Waals surface area (Å²) in [5, 5.41) is 17.3. The van der Waals surface area contributed by atoms with Crippen LogP contribution >= 0.6 is 0 Å². The smallest absolute Gasteiger partial charge is 0.159 e. The molecule has 0 saturated heterocycles. The van der Waals surface area contributed by atoms with Gasteiger partial charge in [0.15, 0.2) is 11.7 Å². The van der Waals surface area contributed by atoms with Gasteiger partial charge in [-0.15, -0.1) is 0 Å². The molecule has 131 heavy (non-hydrogen) atoms. The largest absolute Gasteiger partial charge is 0.344 e. The number of hydrogen-bond donors (Lipinski definition) is 2. The number of para-hydroxylation sites is 4. The lowest BCUT2D eigenvalue weighted by Gasteiger charge is -2.40. The number of aromatic nitrogens is 2. The van der Waals surface area contributed by atoms with Crippen molar-refractivity contribution in [1.82, 2.24) is 19.8 Å². The lowest BCUT2D eigenvalue weighted by Crippen LogP contribution is -2.33. The van der Waals surface area contributed by atoms with Crippen LogP contribution in [0.5, 0.6) is 0 Å². The number of nitrogens with zero attached hydrogens (tertiary/aromatic N) is 6. The highest BCUT2D eigenvalue weighted by Gasteiger charge is 2.51. The molecule has 4 aliphatic rings. The molecule has 0 radical (unpaired) electrons. The number of rotatable bonds is 14. The third-order valence-electron chi connectivity index (χ3n) is 27.5. The summed E-state index contributed by atoms with van der Waals surface area (Å²) in [5.41, 5.74) is 35.2. The molecule has 1 aliphatic carbocycles. The summed E-state index contributed by atoms with van der Waals surface area (Å²) in [7, 11) is 0. The maximum Gasteiger partial charge on any atom is 0.159 e. The molecule has 1 spiro atoms. The zero-order valence-corrected chi connectivity index (χ0v) is 71.2. The number of nitrogens with one attached hydrogen (secondary N) is 2. The van der Waals surface area contributed by atoms with E-state index >= 15 is 0 Å². The van der Waals surface area contributed by atoms with Crippen molar-refractivity contribution in [3.05, 3.63) is 517 Å². The Morgan fingerprint density at radius 3 is 1.21 bits per heavy atom. The van der Waals surface area contributed by atoms with Gasteiger partial charge >= 0.3 is 0 Å². The van der Waals surface area contributed by atoms with Gasteiger partial charge in [0.1, 0.15) is 24.0 Å². The molecule has 612 valence electrons. The van der Waals surface area contributed by atoms with Crippen molar-refractivity contribution in [3.63, 3.8) is 0 Å². The van der Waals surface area contributed by atoms with Crippen molar-refractivity contribution in [2.75, 3.05) is 0 Å². The van der Waals surface area contributed by atoms with E-state index in [0.29, 0.717) is 11.7 Å². The molecule has 5 heterocycles. The molecule has 22 aromatic rings. The molecule has 8 nitrogen and oxygen atoms in total. The van der Waals surface area contributed by atoms with Gasteiger partial charge in [-0.2, -0.15) is 0 Å². The second-order valence-corrected chi connectivity index (χ2v) is 34.7. The summed E-state index contributed by atoms with van der Waals surface area (Å²) in [6.45, 7) is 0. The SMILES string of the molecule is c1ccc(C2=NC(c3cccc(-c4c(-c5ccc6c(c5)C5(c7ccccc7-6)c6ccc(-c7cccc(C8=NC(c9cccc(-c%10c(-c%11ccc(-n%12c%13ccccc%13c%13ccccc%13%12)cc%11)ccc%11ccccc%10%11)c9)NC(c9ccc(-c%10ccccc%10)cc9)=N8)c7)cc6-n6c7ccccc7c7cccc5c76)ccc5ccccc45)c3)NC(c3ccc(-c4ccccc4)cc3)=N2)cc1. The van der Waals surface area contributed by atoms with Crippen LogP contribution in [0.4, 0.5) is 0 Å². The van der Waals surface area contributed by atoms with E-state index in [1.807, 2.05) is 6.07 Å². The van der Waals surface area contributed by atoms with Crippen LogP contribution in [0.1, 0.15) is 68.0 Å². The van der Waals surface area contributed by atoms with Gasteiger partial charge < -0.3 is 19.8 Å². The highest BCUT2D eigenvalue weighted by atomic mass is 15.2. The van der Waals surface area contributed by atoms with E-state index in [0.717, 1.165) is 140 Å². The minimum atomic E-state index is -0.767. The zero-order valence-electron chi connectivity index (χ0n) is 71.2. The summed E-state index contributed by atoms with van der Waals surface area (Å²) in [5.74, 6) is 2.82. The van der Waals surface area contributed by atoms with Crippen molar-refractivity contribution in [3.8, 4) is 100 Å². The first kappa shape index (κ1) is 75.2. The molecular formula is C123H80N8. The number of aliphatic imine (C=N–C) groups is 4. The molecule has 2 N–H and O–H groups in total. The number of amidine groups is 4. The van der Waals surface area contributed by atoms with Crippen molar-refractivity contribution >= 4 is 88.5 Å². The molecule has 20 aromatic carbocycles. The third-order valence-corrected chi connectivity index (χ3v) is 27.5. The predicted octanol–water partition coefficient (Wildman–Crippen LogP) is 29.5. The lowest BCUT2D eigenvalue weighted by molar-refractivity contribution is 0.674. The molecule has 0 saturated carbocycles.